The molecule has 2 aromatic heterocycles. The van der Waals surface area contributed by atoms with Crippen LogP contribution in [-0.2, 0) is 0 Å². The molecule has 0 amide bonds. The number of fused-ring (bicyclic) bond motifs is 3. The first-order valence-electron chi connectivity index (χ1n) is 10.7. The second-order valence-corrected chi connectivity index (χ2v) is 8.36. The molecule has 6 rings (SSSR count). The molecule has 2 aromatic carbocycles. The normalized spacial score (nSPS) is 18.2. The molecule has 1 N–H and O–H groups in total. The maximum absolute atomic E-state index is 6.64. The van der Waals surface area contributed by atoms with E-state index in [1.54, 1.807) is 20.4 Å². The summed E-state index contributed by atoms with van der Waals surface area (Å²) in [6, 6.07) is 14.9. The zero-order valence-corrected chi connectivity index (χ0v) is 19.2. The van der Waals surface area contributed by atoms with Crippen LogP contribution >= 0.6 is 11.6 Å². The Morgan fingerprint density at radius 3 is 2.79 bits per heavy atom. The van der Waals surface area contributed by atoms with Gasteiger partial charge in [-0.3, -0.25) is 4.98 Å². The van der Waals surface area contributed by atoms with Crippen molar-refractivity contribution in [3.05, 3.63) is 94.5 Å². The summed E-state index contributed by atoms with van der Waals surface area (Å²) in [6.07, 6.45) is 4.63. The van der Waals surface area contributed by atoms with Crippen LogP contribution in [0.3, 0.4) is 0 Å². The van der Waals surface area contributed by atoms with Crippen molar-refractivity contribution < 1.29 is 14.2 Å². The number of halogens is 1. The van der Waals surface area contributed by atoms with E-state index in [1.807, 2.05) is 59.4 Å². The number of nitrogens with zero attached hydrogens (tertiary/aromatic N) is 4. The third-order valence-corrected chi connectivity index (χ3v) is 6.33. The van der Waals surface area contributed by atoms with Crippen LogP contribution in [0, 0.1) is 0 Å². The summed E-state index contributed by atoms with van der Waals surface area (Å²) in [7, 11) is 3.26. The van der Waals surface area contributed by atoms with Crippen LogP contribution in [0.2, 0.25) is 5.02 Å². The van der Waals surface area contributed by atoms with Crippen molar-refractivity contribution in [1.82, 2.24) is 19.7 Å². The molecular weight excluding hydrogens is 454 g/mol. The lowest BCUT2D eigenvalue weighted by molar-refractivity contribution is 0.217. The van der Waals surface area contributed by atoms with Gasteiger partial charge in [0.2, 0.25) is 5.95 Å². The minimum atomic E-state index is -0.486. The Hall–Kier alpha value is -4.04. The van der Waals surface area contributed by atoms with E-state index >= 15 is 0 Å². The first-order valence-corrected chi connectivity index (χ1v) is 11.0. The Balaban J connectivity index is 1.64. The summed E-state index contributed by atoms with van der Waals surface area (Å²) < 4.78 is 19.7. The molecule has 0 aliphatic carbocycles. The smallest absolute Gasteiger partial charge is 0.226 e. The molecule has 4 aromatic rings. The molecule has 0 fully saturated rings. The predicted octanol–water partition coefficient (Wildman–Crippen LogP) is 4.90. The van der Waals surface area contributed by atoms with E-state index in [1.165, 1.54) is 6.33 Å². The molecule has 9 heteroatoms. The Morgan fingerprint density at radius 1 is 1.09 bits per heavy atom. The Bertz CT molecular complexity index is 1420. The van der Waals surface area contributed by atoms with Gasteiger partial charge in [-0.2, -0.15) is 10.1 Å². The lowest BCUT2D eigenvalue weighted by Crippen LogP contribution is -2.32. The van der Waals surface area contributed by atoms with Crippen molar-refractivity contribution in [2.75, 3.05) is 19.5 Å². The molecule has 0 saturated heterocycles. The third-order valence-electron chi connectivity index (χ3n) is 6.10. The molecule has 2 atom stereocenters. The third kappa shape index (κ3) is 3.18. The van der Waals surface area contributed by atoms with Gasteiger partial charge in [-0.15, -0.1) is 0 Å². The summed E-state index contributed by atoms with van der Waals surface area (Å²) >= 11 is 6.39. The van der Waals surface area contributed by atoms with E-state index in [9.17, 15) is 0 Å². The van der Waals surface area contributed by atoms with Gasteiger partial charge in [-0.05, 0) is 42.0 Å². The Kier molecular flexibility index (Phi) is 4.88. The predicted molar refractivity (Wildman–Crippen MR) is 127 cm³/mol. The van der Waals surface area contributed by atoms with Crippen LogP contribution in [-0.4, -0.2) is 34.0 Å². The van der Waals surface area contributed by atoms with Crippen LogP contribution in [0.25, 0.3) is 5.70 Å². The van der Waals surface area contributed by atoms with Gasteiger partial charge in [-0.1, -0.05) is 17.7 Å². The highest BCUT2D eigenvalue weighted by molar-refractivity contribution is 6.30. The van der Waals surface area contributed by atoms with Crippen molar-refractivity contribution in [2.24, 2.45) is 0 Å². The molecule has 2 aliphatic rings. The number of hydrogen-bond acceptors (Lipinski definition) is 7. The zero-order valence-electron chi connectivity index (χ0n) is 18.4. The topological polar surface area (TPSA) is 83.3 Å². The second kappa shape index (κ2) is 8.07. The fraction of sp³-hybridized carbons (Fsp3) is 0.160. The van der Waals surface area contributed by atoms with E-state index in [0.29, 0.717) is 28.2 Å². The lowest BCUT2D eigenvalue weighted by atomic mass is 9.85. The average molecular weight is 474 g/mol. The molecule has 170 valence electrons. The maximum atomic E-state index is 6.64. The zero-order chi connectivity index (χ0) is 23.2. The van der Waals surface area contributed by atoms with Gasteiger partial charge in [0.05, 0.1) is 19.9 Å². The summed E-state index contributed by atoms with van der Waals surface area (Å²) in [6.45, 7) is 0. The van der Waals surface area contributed by atoms with Crippen molar-refractivity contribution >= 4 is 23.2 Å². The largest absolute Gasteiger partial charge is 0.497 e. The van der Waals surface area contributed by atoms with Crippen LogP contribution in [0.15, 0.2) is 72.8 Å². The quantitative estimate of drug-likeness (QED) is 0.451. The standard InChI is InChI=1S/C25H20ClN5O3/c1-32-16-6-7-17(20(11-16)33-2)24-21-22(18-10-15(26)5-8-19(18)34-24)30-25-28-13-29-31(25)23(21)14-4-3-9-27-12-14/h3-13,23-24H,1-2H3,(H,28,29,30)/t23-,24+/m0/s1. The van der Waals surface area contributed by atoms with E-state index in [4.69, 9.17) is 25.8 Å². The average Bonchev–Trinajstić information content (AvgIpc) is 3.35. The van der Waals surface area contributed by atoms with Gasteiger partial charge < -0.3 is 19.5 Å². The number of aromatic nitrogens is 4. The van der Waals surface area contributed by atoms with Crippen LogP contribution in [0.4, 0.5) is 5.95 Å². The van der Waals surface area contributed by atoms with E-state index in [0.717, 1.165) is 28.0 Å². The molecule has 0 spiro atoms. The van der Waals surface area contributed by atoms with Crippen molar-refractivity contribution in [2.45, 2.75) is 12.1 Å². The summed E-state index contributed by atoms with van der Waals surface area (Å²) in [5, 5.41) is 8.60. The van der Waals surface area contributed by atoms with E-state index < -0.39 is 6.10 Å². The number of nitrogens with one attached hydrogen (secondary N) is 1. The van der Waals surface area contributed by atoms with Crippen LogP contribution in [0.5, 0.6) is 17.2 Å². The summed E-state index contributed by atoms with van der Waals surface area (Å²) in [5.74, 6) is 2.68. The minimum Gasteiger partial charge on any atom is -0.497 e. The SMILES string of the molecule is COc1ccc([C@H]2Oc3ccc(Cl)cc3C3=C2[C@H](c2cccnc2)n2ncnc2N3)c(OC)c1. The minimum absolute atomic E-state index is 0.314. The number of methoxy groups -OCH3 is 2. The number of ether oxygens (including phenoxy) is 3. The molecule has 0 radical (unpaired) electrons. The van der Waals surface area contributed by atoms with Crippen molar-refractivity contribution in [3.8, 4) is 17.2 Å². The van der Waals surface area contributed by atoms with Gasteiger partial charge in [0.25, 0.3) is 0 Å². The van der Waals surface area contributed by atoms with Gasteiger partial charge in [-0.25, -0.2) is 4.68 Å². The maximum Gasteiger partial charge on any atom is 0.226 e. The highest BCUT2D eigenvalue weighted by Gasteiger charge is 2.42. The summed E-state index contributed by atoms with van der Waals surface area (Å²) in [5.41, 5.74) is 4.49. The lowest BCUT2D eigenvalue weighted by Gasteiger charge is -2.39. The molecular formula is C25H20ClN5O3. The van der Waals surface area contributed by atoms with Gasteiger partial charge in [0.1, 0.15) is 29.6 Å². The van der Waals surface area contributed by atoms with Crippen LogP contribution < -0.4 is 19.5 Å². The van der Waals surface area contributed by atoms with Gasteiger partial charge in [0.15, 0.2) is 6.10 Å². The molecule has 0 bridgehead atoms. The first-order chi connectivity index (χ1) is 16.7. The molecule has 2 aliphatic heterocycles. The Morgan fingerprint density at radius 2 is 2.00 bits per heavy atom. The van der Waals surface area contributed by atoms with E-state index in [-0.39, 0.29) is 6.04 Å². The molecule has 4 heterocycles. The van der Waals surface area contributed by atoms with Gasteiger partial charge >= 0.3 is 0 Å². The monoisotopic (exact) mass is 473 g/mol. The molecule has 0 saturated carbocycles. The fourth-order valence-corrected chi connectivity index (χ4v) is 4.77. The fourth-order valence-electron chi connectivity index (χ4n) is 4.59. The molecule has 8 nitrogen and oxygen atoms in total. The number of anilines is 1. The number of pyridine rings is 1. The molecule has 0 unspecified atom stereocenters. The summed E-state index contributed by atoms with van der Waals surface area (Å²) in [4.78, 5) is 8.80. The highest BCUT2D eigenvalue weighted by atomic mass is 35.5. The first kappa shape index (κ1) is 20.6. The number of benzene rings is 2. The van der Waals surface area contributed by atoms with E-state index in [2.05, 4.69) is 20.4 Å². The molecule has 34 heavy (non-hydrogen) atoms. The highest BCUT2D eigenvalue weighted by Crippen LogP contribution is 2.52. The van der Waals surface area contributed by atoms with Crippen molar-refractivity contribution in [1.29, 1.82) is 0 Å². The second-order valence-electron chi connectivity index (χ2n) is 7.92. The Labute approximate surface area is 200 Å². The van der Waals surface area contributed by atoms with Crippen molar-refractivity contribution in [3.63, 3.8) is 0 Å². The number of hydrogen-bond donors (Lipinski definition) is 1. The van der Waals surface area contributed by atoms with Gasteiger partial charge in [0, 0.05) is 40.2 Å². The van der Waals surface area contributed by atoms with Crippen LogP contribution in [0.1, 0.15) is 28.8 Å². The number of rotatable bonds is 4.